The number of phenolic OH excluding ortho intramolecular Hbond substituents is 1. The van der Waals surface area contributed by atoms with Crippen LogP contribution in [0, 0.1) is 0 Å². The zero-order valence-corrected chi connectivity index (χ0v) is 29.6. The van der Waals surface area contributed by atoms with Gasteiger partial charge >= 0.3 is 6.09 Å². The van der Waals surface area contributed by atoms with Crippen molar-refractivity contribution in [3.8, 4) is 22.6 Å². The molecule has 1 saturated heterocycles. The molecule has 0 spiro atoms. The van der Waals surface area contributed by atoms with Crippen molar-refractivity contribution in [3.63, 3.8) is 0 Å². The minimum atomic E-state index is -3.62. The largest absolute Gasteiger partial charge is 0.508 e. The minimum absolute atomic E-state index is 0.104. The zero-order chi connectivity index (χ0) is 34.6. The van der Waals surface area contributed by atoms with Gasteiger partial charge in [0.2, 0.25) is 16.0 Å². The van der Waals surface area contributed by atoms with Crippen LogP contribution in [-0.4, -0.2) is 89.3 Å². The van der Waals surface area contributed by atoms with Crippen molar-refractivity contribution in [1.82, 2.24) is 25.1 Å². The molecule has 2 aromatic carbocycles. The lowest BCUT2D eigenvalue weighted by molar-refractivity contribution is 0.0240. The number of aromatic amines is 1. The number of halogens is 1. The molecule has 0 atom stereocenters. The summed E-state index contributed by atoms with van der Waals surface area (Å²) >= 11 is 3.46. The van der Waals surface area contributed by atoms with Crippen molar-refractivity contribution in [2.75, 3.05) is 59.3 Å². The van der Waals surface area contributed by atoms with Crippen molar-refractivity contribution in [2.45, 2.75) is 33.3 Å². The number of nitrogens with zero attached hydrogens (tertiary/aromatic N) is 5. The number of piperazine rings is 1. The molecule has 0 unspecified atom stereocenters. The molecule has 0 bridgehead atoms. The molecule has 0 aliphatic carbocycles. The van der Waals surface area contributed by atoms with Gasteiger partial charge in [0.1, 0.15) is 22.9 Å². The van der Waals surface area contributed by atoms with Gasteiger partial charge in [0, 0.05) is 67.5 Å². The number of ether oxygens (including phenoxy) is 2. The molecule has 15 nitrogen and oxygen atoms in total. The normalized spacial score (nSPS) is 13.6. The van der Waals surface area contributed by atoms with E-state index >= 15 is 0 Å². The van der Waals surface area contributed by atoms with E-state index in [9.17, 15) is 18.3 Å². The molecule has 4 aromatic rings. The van der Waals surface area contributed by atoms with Gasteiger partial charge in [-0.3, -0.25) is 9.82 Å². The number of benzene rings is 2. The van der Waals surface area contributed by atoms with Crippen molar-refractivity contribution < 1.29 is 27.8 Å². The van der Waals surface area contributed by atoms with Crippen LogP contribution in [0.15, 0.2) is 53.4 Å². The fraction of sp³-hybridized carbons (Fsp3) is 0.355. The van der Waals surface area contributed by atoms with Gasteiger partial charge in [0.25, 0.3) is 0 Å². The number of aromatic nitrogens is 4. The molecule has 17 heteroatoms. The second kappa shape index (κ2) is 14.1. The Hall–Kier alpha value is -4.77. The van der Waals surface area contributed by atoms with Crippen molar-refractivity contribution in [1.29, 1.82) is 0 Å². The number of sulfonamides is 1. The highest BCUT2D eigenvalue weighted by molar-refractivity contribution is 9.10. The van der Waals surface area contributed by atoms with Crippen LogP contribution in [0.3, 0.4) is 0 Å². The minimum Gasteiger partial charge on any atom is -0.508 e. The number of phenols is 1. The number of nitrogens with one attached hydrogen (secondary N) is 4. The Labute approximate surface area is 287 Å². The van der Waals surface area contributed by atoms with Crippen LogP contribution in [0.25, 0.3) is 11.1 Å². The number of methoxy groups -OCH3 is 1. The first-order valence-corrected chi connectivity index (χ1v) is 17.5. The Kier molecular flexibility index (Phi) is 10.2. The quantitative estimate of drug-likeness (QED) is 0.126. The number of aromatic hydroxyl groups is 1. The van der Waals surface area contributed by atoms with Crippen LogP contribution in [0.4, 0.5) is 39.3 Å². The van der Waals surface area contributed by atoms with Crippen LogP contribution >= 0.6 is 15.9 Å². The van der Waals surface area contributed by atoms with Gasteiger partial charge < -0.3 is 35.0 Å². The summed E-state index contributed by atoms with van der Waals surface area (Å²) < 4.78 is 38.9. The molecule has 5 N–H and O–H groups in total. The maximum absolute atomic E-state index is 12.7. The lowest BCUT2D eigenvalue weighted by atomic mass is 10.0. The fourth-order valence-electron chi connectivity index (χ4n) is 4.91. The van der Waals surface area contributed by atoms with Crippen LogP contribution in [0.1, 0.15) is 27.7 Å². The van der Waals surface area contributed by atoms with Crippen LogP contribution < -0.4 is 25.0 Å². The third-order valence-electron chi connectivity index (χ3n) is 7.29. The second-order valence-electron chi connectivity index (χ2n) is 11.9. The molecule has 1 fully saturated rings. The first-order chi connectivity index (χ1) is 22.7. The van der Waals surface area contributed by atoms with Crippen LogP contribution in [-0.2, 0) is 14.8 Å². The van der Waals surface area contributed by atoms with Crippen LogP contribution in [0.2, 0.25) is 0 Å². The first-order valence-electron chi connectivity index (χ1n) is 15.1. The Balaban J connectivity index is 1.42. The SMILES string of the molecule is CCS(=O)(=O)Nc1cc(O)ccc1Nc1nc(Nc2cc(-c3cn[nH]c3)c(N3CCN(C(=O)OC(C)(C)C)CC3)cc2OC)ncc1Br. The summed E-state index contributed by atoms with van der Waals surface area (Å²) in [5.41, 5.74) is 3.15. The third-order valence-corrected chi connectivity index (χ3v) is 9.16. The zero-order valence-electron chi connectivity index (χ0n) is 27.2. The van der Waals surface area contributed by atoms with Crippen molar-refractivity contribution in [3.05, 3.63) is 53.4 Å². The molecular formula is C31H38BrN9O6S. The monoisotopic (exact) mass is 743 g/mol. The molecule has 48 heavy (non-hydrogen) atoms. The first kappa shape index (κ1) is 34.6. The molecule has 3 heterocycles. The number of hydrogen-bond acceptors (Lipinski definition) is 12. The highest BCUT2D eigenvalue weighted by Gasteiger charge is 2.28. The number of H-pyrrole nitrogens is 1. The molecule has 0 saturated carbocycles. The summed E-state index contributed by atoms with van der Waals surface area (Å²) in [5.74, 6) is 0.848. The summed E-state index contributed by atoms with van der Waals surface area (Å²) in [6, 6.07) is 8.13. The molecule has 1 amide bonds. The number of carbonyl (C=O) groups is 1. The van der Waals surface area contributed by atoms with E-state index in [0.29, 0.717) is 53.6 Å². The molecule has 1 aliphatic heterocycles. The van der Waals surface area contributed by atoms with E-state index in [1.54, 1.807) is 30.6 Å². The van der Waals surface area contributed by atoms with E-state index in [1.807, 2.05) is 32.9 Å². The maximum atomic E-state index is 12.7. The lowest BCUT2D eigenvalue weighted by Gasteiger charge is -2.37. The lowest BCUT2D eigenvalue weighted by Crippen LogP contribution is -2.50. The molecule has 2 aromatic heterocycles. The van der Waals surface area contributed by atoms with E-state index in [-0.39, 0.29) is 29.2 Å². The molecule has 0 radical (unpaired) electrons. The van der Waals surface area contributed by atoms with Gasteiger partial charge in [-0.05, 0) is 61.8 Å². The average molecular weight is 745 g/mol. The van der Waals surface area contributed by atoms with E-state index in [1.165, 1.54) is 25.1 Å². The summed E-state index contributed by atoms with van der Waals surface area (Å²) in [5, 5.41) is 23.4. The van der Waals surface area contributed by atoms with Gasteiger partial charge in [-0.2, -0.15) is 10.1 Å². The third kappa shape index (κ3) is 8.38. The standard InChI is InChI=1S/C31H38BrN9O6S/c1-6-48(44,45)39-24-13-20(42)7-8-23(24)36-28-22(32)18-33-29(38-28)37-25-14-21(19-16-34-35-17-19)26(15-27(25)46-5)40-9-11-41(12-10-40)30(43)47-31(2,3)4/h7-8,13-18,39,42H,6,9-12H2,1-5H3,(H,34,35)(H2,33,36,37,38). The average Bonchev–Trinajstić information content (AvgIpc) is 3.58. The Morgan fingerprint density at radius 2 is 1.81 bits per heavy atom. The van der Waals surface area contributed by atoms with Crippen LogP contribution in [0.5, 0.6) is 11.5 Å². The topological polar surface area (TPSA) is 187 Å². The Bertz CT molecular complexity index is 1880. The molecule has 256 valence electrons. The summed E-state index contributed by atoms with van der Waals surface area (Å²) in [7, 11) is -2.05. The van der Waals surface area contributed by atoms with Gasteiger partial charge in [-0.15, -0.1) is 0 Å². The maximum Gasteiger partial charge on any atom is 0.410 e. The van der Waals surface area contributed by atoms with E-state index < -0.39 is 15.6 Å². The van der Waals surface area contributed by atoms with Gasteiger partial charge in [0.05, 0.1) is 40.6 Å². The van der Waals surface area contributed by atoms with Gasteiger partial charge in [0.15, 0.2) is 0 Å². The summed E-state index contributed by atoms with van der Waals surface area (Å²) in [4.78, 5) is 25.6. The summed E-state index contributed by atoms with van der Waals surface area (Å²) in [6.07, 6.45) is 4.75. The number of rotatable bonds is 10. The number of amides is 1. The number of anilines is 6. The highest BCUT2D eigenvalue weighted by atomic mass is 79.9. The predicted octanol–water partition coefficient (Wildman–Crippen LogP) is 5.65. The predicted molar refractivity (Wildman–Crippen MR) is 188 cm³/mol. The fourth-order valence-corrected chi connectivity index (χ4v) is 5.85. The van der Waals surface area contributed by atoms with E-state index in [2.05, 4.69) is 56.4 Å². The van der Waals surface area contributed by atoms with Gasteiger partial charge in [-0.1, -0.05) is 0 Å². The van der Waals surface area contributed by atoms with Crippen molar-refractivity contribution >= 4 is 66.6 Å². The van der Waals surface area contributed by atoms with Gasteiger partial charge in [-0.25, -0.2) is 18.2 Å². The van der Waals surface area contributed by atoms with E-state index in [4.69, 9.17) is 9.47 Å². The van der Waals surface area contributed by atoms with E-state index in [0.717, 1.165) is 16.8 Å². The Morgan fingerprint density at radius 1 is 1.06 bits per heavy atom. The Morgan fingerprint density at radius 3 is 2.46 bits per heavy atom. The smallest absolute Gasteiger partial charge is 0.410 e. The van der Waals surface area contributed by atoms with Crippen molar-refractivity contribution in [2.24, 2.45) is 0 Å². The summed E-state index contributed by atoms with van der Waals surface area (Å²) in [6.45, 7) is 9.22. The second-order valence-corrected chi connectivity index (χ2v) is 14.8. The highest BCUT2D eigenvalue weighted by Crippen LogP contribution is 2.41. The molecular weight excluding hydrogens is 706 g/mol. The molecule has 1 aliphatic rings. The number of hydrogen-bond donors (Lipinski definition) is 5. The number of carbonyl (C=O) groups excluding carboxylic acids is 1. The molecule has 5 rings (SSSR count).